The molecule has 0 radical (unpaired) electrons. The Balaban J connectivity index is 1.67. The molecule has 2 aromatic carbocycles. The number of hydrogen-bond acceptors (Lipinski definition) is 11. The zero-order valence-corrected chi connectivity index (χ0v) is 20.3. The van der Waals surface area contributed by atoms with E-state index in [2.05, 4.69) is 25.6 Å². The number of rotatable bonds is 11. The fourth-order valence-corrected chi connectivity index (χ4v) is 3.64. The van der Waals surface area contributed by atoms with Gasteiger partial charge >= 0.3 is 11.9 Å². The number of nitrogens with one attached hydrogen (secondary N) is 2. The quantitative estimate of drug-likeness (QED) is 0.119. The molecule has 2 heterocycles. The van der Waals surface area contributed by atoms with Crippen LogP contribution in [-0.2, 0) is 0 Å². The first kappa shape index (κ1) is 27.1. The van der Waals surface area contributed by atoms with Crippen molar-refractivity contribution in [3.63, 3.8) is 0 Å². The van der Waals surface area contributed by atoms with Crippen molar-refractivity contribution in [3.8, 4) is 22.5 Å². The van der Waals surface area contributed by atoms with Crippen molar-refractivity contribution in [1.29, 1.82) is 0 Å². The minimum absolute atomic E-state index is 0.000265. The molecule has 0 bridgehead atoms. The van der Waals surface area contributed by atoms with Gasteiger partial charge in [0, 0.05) is 42.4 Å². The highest BCUT2D eigenvalue weighted by Gasteiger charge is 2.23. The van der Waals surface area contributed by atoms with Crippen LogP contribution in [0.5, 0.6) is 0 Å². The van der Waals surface area contributed by atoms with Crippen molar-refractivity contribution in [2.45, 2.75) is 0 Å². The van der Waals surface area contributed by atoms with Gasteiger partial charge < -0.3 is 20.8 Å². The van der Waals surface area contributed by atoms with Gasteiger partial charge in [0.2, 0.25) is 5.95 Å². The summed E-state index contributed by atoms with van der Waals surface area (Å²) in [5.41, 5.74) is -0.0521. The zero-order chi connectivity index (χ0) is 28.8. The molecule has 0 unspecified atom stereocenters. The van der Waals surface area contributed by atoms with Crippen LogP contribution < -0.4 is 10.6 Å². The number of anilines is 2. The van der Waals surface area contributed by atoms with Crippen molar-refractivity contribution in [2.24, 2.45) is 0 Å². The minimum atomic E-state index is -1.36. The molecule has 4 rings (SSSR count). The predicted molar refractivity (Wildman–Crippen MR) is 141 cm³/mol. The van der Waals surface area contributed by atoms with E-state index in [9.17, 15) is 40.0 Å². The molecule has 15 heteroatoms. The van der Waals surface area contributed by atoms with Crippen molar-refractivity contribution in [2.75, 3.05) is 23.7 Å². The van der Waals surface area contributed by atoms with Crippen LogP contribution in [0.15, 0.2) is 66.9 Å². The number of aromatic nitrogens is 3. The molecule has 0 aliphatic heterocycles. The van der Waals surface area contributed by atoms with E-state index in [1.807, 2.05) is 0 Å². The molecule has 0 saturated carbocycles. The lowest BCUT2D eigenvalue weighted by Crippen LogP contribution is -2.17. The number of nitro groups is 2. The first-order valence-corrected chi connectivity index (χ1v) is 11.5. The van der Waals surface area contributed by atoms with Gasteiger partial charge in [-0.05, 0) is 30.3 Å². The van der Waals surface area contributed by atoms with Gasteiger partial charge in [-0.1, -0.05) is 12.1 Å². The maximum Gasteiger partial charge on any atom is 0.340 e. The summed E-state index contributed by atoms with van der Waals surface area (Å²) in [5, 5.41) is 47.1. The summed E-state index contributed by atoms with van der Waals surface area (Å²) in [6, 6.07) is 13.4. The number of non-ortho nitro benzene ring substituents is 1. The van der Waals surface area contributed by atoms with E-state index in [4.69, 9.17) is 0 Å². The molecule has 4 aromatic rings. The third-order valence-corrected chi connectivity index (χ3v) is 5.55. The molecule has 0 amide bonds. The highest BCUT2D eigenvalue weighted by molar-refractivity contribution is 6.01. The smallest absolute Gasteiger partial charge is 0.340 e. The molecule has 15 nitrogen and oxygen atoms in total. The summed E-state index contributed by atoms with van der Waals surface area (Å²) in [5.74, 6) is -2.09. The molecule has 0 aliphatic carbocycles. The van der Waals surface area contributed by atoms with Crippen LogP contribution in [0.4, 0.5) is 23.1 Å². The highest BCUT2D eigenvalue weighted by Crippen LogP contribution is 2.32. The van der Waals surface area contributed by atoms with Crippen LogP contribution in [0.1, 0.15) is 20.7 Å². The van der Waals surface area contributed by atoms with Crippen molar-refractivity contribution < 1.29 is 29.6 Å². The fourth-order valence-electron chi connectivity index (χ4n) is 3.64. The van der Waals surface area contributed by atoms with E-state index in [1.54, 1.807) is 0 Å². The van der Waals surface area contributed by atoms with Crippen LogP contribution in [0.25, 0.3) is 22.5 Å². The van der Waals surface area contributed by atoms with Gasteiger partial charge in [-0.25, -0.2) is 24.5 Å². The molecule has 0 saturated heterocycles. The highest BCUT2D eigenvalue weighted by atomic mass is 16.6. The average molecular weight is 545 g/mol. The van der Waals surface area contributed by atoms with Gasteiger partial charge in [0.1, 0.15) is 17.6 Å². The molecular formula is C25H19N7O8. The van der Waals surface area contributed by atoms with Crippen LogP contribution in [0.3, 0.4) is 0 Å². The van der Waals surface area contributed by atoms with Gasteiger partial charge in [0.15, 0.2) is 0 Å². The lowest BCUT2D eigenvalue weighted by Gasteiger charge is -2.15. The number of nitro benzene ring substituents is 1. The summed E-state index contributed by atoms with van der Waals surface area (Å²) < 4.78 is 0. The van der Waals surface area contributed by atoms with Crippen molar-refractivity contribution >= 4 is 35.1 Å². The van der Waals surface area contributed by atoms with E-state index in [-0.39, 0.29) is 58.5 Å². The second kappa shape index (κ2) is 11.6. The minimum Gasteiger partial charge on any atom is -0.478 e. The van der Waals surface area contributed by atoms with Crippen molar-refractivity contribution in [3.05, 3.63) is 98.2 Å². The Kier molecular flexibility index (Phi) is 7.84. The van der Waals surface area contributed by atoms with Crippen molar-refractivity contribution in [1.82, 2.24) is 15.0 Å². The Bertz CT molecular complexity index is 1510. The standard InChI is InChI=1S/C25H19N7O8/c33-23(34)16-3-1-14(2-4-16)21-20(24(35)36)22(15-5-7-17(8-6-15)31(37)38)30-25(29-21)27-12-11-26-19-10-9-18(13-28-19)32(39)40/h1-10,13H,11-12H2,(H,26,28)(H,33,34)(H,35,36)(H,27,29,30). The van der Waals surface area contributed by atoms with Gasteiger partial charge in [-0.2, -0.15) is 0 Å². The zero-order valence-electron chi connectivity index (χ0n) is 20.3. The Morgan fingerprint density at radius 3 is 1.73 bits per heavy atom. The van der Waals surface area contributed by atoms with Crippen LogP contribution in [0.2, 0.25) is 0 Å². The average Bonchev–Trinajstić information content (AvgIpc) is 2.95. The normalized spacial score (nSPS) is 10.5. The number of aromatic carboxylic acids is 2. The van der Waals surface area contributed by atoms with E-state index in [0.717, 1.165) is 6.20 Å². The number of pyridine rings is 1. The van der Waals surface area contributed by atoms with E-state index >= 15 is 0 Å². The number of nitrogens with zero attached hydrogens (tertiary/aromatic N) is 5. The summed E-state index contributed by atoms with van der Waals surface area (Å²) in [4.78, 5) is 57.0. The number of carboxylic acid groups (broad SMARTS) is 2. The SMILES string of the molecule is O=C(O)c1ccc(-c2nc(NCCNc3ccc([N+](=O)[O-])cn3)nc(-c3ccc([N+](=O)[O-])cc3)c2C(=O)O)cc1. The van der Waals surface area contributed by atoms with Gasteiger partial charge in [0.05, 0.1) is 26.8 Å². The van der Waals surface area contributed by atoms with E-state index in [1.165, 1.54) is 60.7 Å². The fraction of sp³-hybridized carbons (Fsp3) is 0.0800. The van der Waals surface area contributed by atoms with Crippen LogP contribution in [-0.4, -0.2) is 60.0 Å². The third-order valence-electron chi connectivity index (χ3n) is 5.55. The molecule has 202 valence electrons. The maximum atomic E-state index is 12.4. The lowest BCUT2D eigenvalue weighted by atomic mass is 9.99. The molecular weight excluding hydrogens is 526 g/mol. The Morgan fingerprint density at radius 1 is 0.725 bits per heavy atom. The first-order valence-electron chi connectivity index (χ1n) is 11.5. The Morgan fingerprint density at radius 2 is 1.25 bits per heavy atom. The predicted octanol–water partition coefficient (Wildman–Crippen LogP) is 3.94. The monoisotopic (exact) mass is 545 g/mol. The third kappa shape index (κ3) is 6.10. The summed E-state index contributed by atoms with van der Waals surface area (Å²) in [6.45, 7) is 0.506. The molecule has 0 aliphatic rings. The first-order chi connectivity index (χ1) is 19.1. The molecule has 0 spiro atoms. The van der Waals surface area contributed by atoms with Crippen LogP contribution in [0, 0.1) is 20.2 Å². The summed E-state index contributed by atoms with van der Waals surface area (Å²) >= 11 is 0. The number of carboxylic acids is 2. The largest absolute Gasteiger partial charge is 0.478 e. The van der Waals surface area contributed by atoms with Crippen LogP contribution >= 0.6 is 0 Å². The number of carbonyl (C=O) groups is 2. The number of benzene rings is 2. The Labute approximate surface area is 224 Å². The maximum absolute atomic E-state index is 12.4. The summed E-state index contributed by atoms with van der Waals surface area (Å²) in [7, 11) is 0. The van der Waals surface area contributed by atoms with Gasteiger partial charge in [0.25, 0.3) is 11.4 Å². The van der Waals surface area contributed by atoms with E-state index < -0.39 is 21.8 Å². The Hall–Kier alpha value is -5.99. The molecule has 40 heavy (non-hydrogen) atoms. The summed E-state index contributed by atoms with van der Waals surface area (Å²) in [6.07, 6.45) is 1.11. The lowest BCUT2D eigenvalue weighted by molar-refractivity contribution is -0.385. The molecule has 4 N–H and O–H groups in total. The topological polar surface area (TPSA) is 224 Å². The van der Waals surface area contributed by atoms with E-state index in [0.29, 0.717) is 11.4 Å². The second-order valence-corrected chi connectivity index (χ2v) is 8.12. The number of hydrogen-bond donors (Lipinski definition) is 4. The van der Waals surface area contributed by atoms with Gasteiger partial charge in [-0.3, -0.25) is 20.2 Å². The molecule has 0 fully saturated rings. The van der Waals surface area contributed by atoms with Gasteiger partial charge in [-0.15, -0.1) is 0 Å². The second-order valence-electron chi connectivity index (χ2n) is 8.12. The molecule has 2 aromatic heterocycles. The molecule has 0 atom stereocenters.